The molecule has 0 fully saturated rings. The van der Waals surface area contributed by atoms with Crippen molar-refractivity contribution < 1.29 is 63.7 Å². The molecular formula is C46H56N2O13. The minimum atomic E-state index is -2.07. The Bertz CT molecular complexity index is 2250. The van der Waals surface area contributed by atoms with E-state index in [1.807, 2.05) is 30.3 Å². The standard InChI is InChI=1S/C46H56N2O13/c1-23-14-13-15-24(2)45(56)48-36-31(22-47-59-21-18-30-16-11-10-12-17-30)40(53)33-34(41(36)54)39(52)28(6)43-35(33)44(55)46(8,61-43)58-20-19-32(57-9)25(3)42(60-29(7)49)27(5)38(51)26(4)37(23)50/h10-17,19-20,22-23,25-27,32,37-38,42,50-54H,18,21H2,1-9H3,(H,48,56)/b14-13+,20-19+,24-15-,47-22+/t23-,25+,26+,27+,32-,37-,38+,42+,46-/m0/s1. The van der Waals surface area contributed by atoms with Gasteiger partial charge in [-0.3, -0.25) is 14.4 Å². The van der Waals surface area contributed by atoms with E-state index in [-0.39, 0.29) is 51.1 Å². The lowest BCUT2D eigenvalue weighted by Gasteiger charge is -2.38. The van der Waals surface area contributed by atoms with E-state index in [9.17, 15) is 39.9 Å². The van der Waals surface area contributed by atoms with E-state index < -0.39 is 88.8 Å². The number of ether oxygens (including phenoxy) is 4. The van der Waals surface area contributed by atoms with E-state index in [1.165, 1.54) is 53.2 Å². The number of allylic oxidation sites excluding steroid dienone is 2. The van der Waals surface area contributed by atoms with Gasteiger partial charge in [-0.2, -0.15) is 0 Å². The van der Waals surface area contributed by atoms with Crippen LogP contribution in [0.5, 0.6) is 23.0 Å². The van der Waals surface area contributed by atoms with Crippen LogP contribution in [0.2, 0.25) is 0 Å². The maximum Gasteiger partial charge on any atom is 0.312 e. The Morgan fingerprint density at radius 1 is 0.934 bits per heavy atom. The summed E-state index contributed by atoms with van der Waals surface area (Å²) in [6.07, 6.45) is 5.01. The molecule has 328 valence electrons. The van der Waals surface area contributed by atoms with Crippen LogP contribution in [0.15, 0.2) is 71.6 Å². The van der Waals surface area contributed by atoms with Crippen molar-refractivity contribution in [3.63, 3.8) is 0 Å². The molecule has 3 aliphatic heterocycles. The summed E-state index contributed by atoms with van der Waals surface area (Å²) in [5.74, 6) is -8.70. The number of hydrogen-bond acceptors (Lipinski definition) is 14. The fourth-order valence-corrected chi connectivity index (χ4v) is 7.82. The molecule has 0 unspecified atom stereocenters. The third-order valence-electron chi connectivity index (χ3n) is 11.6. The van der Waals surface area contributed by atoms with Crippen molar-refractivity contribution in [2.24, 2.45) is 28.8 Å². The van der Waals surface area contributed by atoms with E-state index in [2.05, 4.69) is 10.5 Å². The first-order valence-corrected chi connectivity index (χ1v) is 20.1. The molecule has 0 aliphatic carbocycles. The second kappa shape index (κ2) is 19.2. The van der Waals surface area contributed by atoms with Crippen LogP contribution in [0.3, 0.4) is 0 Å². The molecule has 3 heterocycles. The summed E-state index contributed by atoms with van der Waals surface area (Å²) in [5, 5.41) is 64.3. The first kappa shape index (κ1) is 46.2. The van der Waals surface area contributed by atoms with Crippen molar-refractivity contribution in [2.45, 2.75) is 92.0 Å². The summed E-state index contributed by atoms with van der Waals surface area (Å²) in [7, 11) is 1.43. The monoisotopic (exact) mass is 844 g/mol. The van der Waals surface area contributed by atoms with Crippen molar-refractivity contribution in [3.05, 3.63) is 88.7 Å². The van der Waals surface area contributed by atoms with Crippen LogP contribution in [-0.4, -0.2) is 93.3 Å². The number of aliphatic hydroxyl groups is 2. The van der Waals surface area contributed by atoms with Gasteiger partial charge in [0.25, 0.3) is 11.7 Å². The van der Waals surface area contributed by atoms with E-state index >= 15 is 0 Å². The molecular weight excluding hydrogens is 789 g/mol. The van der Waals surface area contributed by atoms with E-state index in [4.69, 9.17) is 23.8 Å². The Kier molecular flexibility index (Phi) is 14.5. The average molecular weight is 845 g/mol. The summed E-state index contributed by atoms with van der Waals surface area (Å²) >= 11 is 0. The first-order chi connectivity index (χ1) is 28.8. The number of aliphatic hydroxyl groups excluding tert-OH is 2. The smallest absolute Gasteiger partial charge is 0.312 e. The van der Waals surface area contributed by atoms with Gasteiger partial charge in [-0.15, -0.1) is 0 Å². The molecule has 0 saturated heterocycles. The van der Waals surface area contributed by atoms with Gasteiger partial charge in [0.2, 0.25) is 0 Å². The van der Waals surface area contributed by atoms with Crippen LogP contribution >= 0.6 is 0 Å². The van der Waals surface area contributed by atoms with Crippen LogP contribution < -0.4 is 10.1 Å². The van der Waals surface area contributed by atoms with Gasteiger partial charge in [-0.25, -0.2) is 0 Å². The van der Waals surface area contributed by atoms with E-state index in [1.54, 1.807) is 39.8 Å². The Morgan fingerprint density at radius 3 is 2.28 bits per heavy atom. The lowest BCUT2D eigenvalue weighted by Crippen LogP contribution is -2.46. The molecule has 3 aliphatic rings. The number of carbonyl (C=O) groups is 3. The third kappa shape index (κ3) is 9.54. The van der Waals surface area contributed by atoms with Gasteiger partial charge < -0.3 is 54.6 Å². The molecule has 15 heteroatoms. The van der Waals surface area contributed by atoms with Gasteiger partial charge in [-0.1, -0.05) is 81.4 Å². The number of phenols is 3. The second-order valence-corrected chi connectivity index (χ2v) is 15.9. The summed E-state index contributed by atoms with van der Waals surface area (Å²) in [6.45, 7) is 12.6. The number of benzene rings is 3. The quantitative estimate of drug-likeness (QED) is 0.0382. The Morgan fingerprint density at radius 2 is 1.62 bits per heavy atom. The minimum absolute atomic E-state index is 0.0298. The van der Waals surface area contributed by atoms with Crippen LogP contribution in [0.4, 0.5) is 5.69 Å². The predicted molar refractivity (Wildman–Crippen MR) is 228 cm³/mol. The van der Waals surface area contributed by atoms with Gasteiger partial charge in [-0.05, 0) is 25.5 Å². The molecule has 0 aromatic heterocycles. The summed E-state index contributed by atoms with van der Waals surface area (Å²) in [5.41, 5.74) is 0.345. The number of nitrogens with zero attached hydrogens (tertiary/aromatic N) is 1. The van der Waals surface area contributed by atoms with Crippen LogP contribution in [0, 0.1) is 30.6 Å². The molecule has 6 N–H and O–H groups in total. The number of anilines is 1. The molecule has 61 heavy (non-hydrogen) atoms. The predicted octanol–water partition coefficient (Wildman–Crippen LogP) is 6.35. The van der Waals surface area contributed by atoms with E-state index in [0.29, 0.717) is 6.42 Å². The molecule has 0 saturated carbocycles. The van der Waals surface area contributed by atoms with Crippen molar-refractivity contribution in [1.82, 2.24) is 0 Å². The number of methoxy groups -OCH3 is 1. The highest BCUT2D eigenvalue weighted by molar-refractivity contribution is 6.23. The maximum absolute atomic E-state index is 14.4. The van der Waals surface area contributed by atoms with Gasteiger partial charge in [0, 0.05) is 67.6 Å². The molecule has 5 bridgehead atoms. The van der Waals surface area contributed by atoms with Gasteiger partial charge in [0.05, 0.1) is 53.0 Å². The Hall–Kier alpha value is -5.90. The number of rotatable bonds is 7. The summed E-state index contributed by atoms with van der Waals surface area (Å²) in [6, 6.07) is 9.50. The number of carbonyl (C=O) groups excluding carboxylic acids is 3. The zero-order chi connectivity index (χ0) is 44.9. The normalized spacial score (nSPS) is 29.4. The zero-order valence-electron chi connectivity index (χ0n) is 35.8. The highest BCUT2D eigenvalue weighted by Gasteiger charge is 2.50. The van der Waals surface area contributed by atoms with Crippen LogP contribution in [0.1, 0.15) is 75.5 Å². The van der Waals surface area contributed by atoms with Crippen LogP contribution in [0.25, 0.3) is 10.8 Å². The largest absolute Gasteiger partial charge is 0.507 e. The number of phenolic OH excluding ortho intramolecular Hbond substituents is 3. The molecule has 0 radical (unpaired) electrons. The third-order valence-corrected chi connectivity index (χ3v) is 11.6. The second-order valence-electron chi connectivity index (χ2n) is 15.9. The number of aromatic hydroxyl groups is 3. The number of esters is 1. The van der Waals surface area contributed by atoms with Gasteiger partial charge in [0.15, 0.2) is 5.75 Å². The fraction of sp³-hybridized carbons (Fsp3) is 0.435. The molecule has 6 rings (SSSR count). The SMILES string of the molecule is CO[C@H]1/C=C/O[C@@]2(C)Oc3c(C)c(O)c4c(O)c(c(/C=N/OCCc5ccccc5)c(O)c4c3C2=O)NC(=O)/C(C)=C\C=C\[C@H](C)[C@H](O)[C@@H](C)[C@@H](O)[C@@H](C)[C@H](OC(C)=O)[C@@H]1C. The molecule has 15 nitrogen and oxygen atoms in total. The highest BCUT2D eigenvalue weighted by atomic mass is 16.7. The van der Waals surface area contributed by atoms with E-state index in [0.717, 1.165) is 11.8 Å². The molecule has 3 aromatic carbocycles. The topological polar surface area (TPSA) is 223 Å². The highest BCUT2D eigenvalue weighted by Crippen LogP contribution is 2.55. The summed E-state index contributed by atoms with van der Waals surface area (Å²) in [4.78, 5) is 46.0. The molecule has 1 amide bonds. The van der Waals surface area contributed by atoms with Crippen molar-refractivity contribution in [3.8, 4) is 23.0 Å². The van der Waals surface area contributed by atoms with Crippen molar-refractivity contribution in [1.29, 1.82) is 0 Å². The number of fused-ring (bicyclic) bond motifs is 14. The number of amides is 1. The Labute approximate surface area is 354 Å². The number of hydrogen-bond donors (Lipinski definition) is 6. The lowest BCUT2D eigenvalue weighted by atomic mass is 9.78. The average Bonchev–Trinajstić information content (AvgIpc) is 3.50. The summed E-state index contributed by atoms with van der Waals surface area (Å²) < 4.78 is 23.5. The first-order valence-electron chi connectivity index (χ1n) is 20.1. The van der Waals surface area contributed by atoms with Crippen molar-refractivity contribution >= 4 is 40.3 Å². The van der Waals surface area contributed by atoms with Crippen molar-refractivity contribution in [2.75, 3.05) is 19.0 Å². The Balaban J connectivity index is 1.67. The maximum atomic E-state index is 14.4. The van der Waals surface area contributed by atoms with Crippen LogP contribution in [-0.2, 0) is 35.1 Å². The lowest BCUT2D eigenvalue weighted by molar-refractivity contribution is -0.160. The number of Topliss-reactive ketones (excluding diaryl/α,β-unsaturated/α-hetero) is 1. The molecule has 3 aromatic rings. The molecule has 9 atom stereocenters. The zero-order valence-corrected chi connectivity index (χ0v) is 35.8. The number of nitrogens with one attached hydrogen (secondary N) is 1. The minimum Gasteiger partial charge on any atom is -0.507 e. The number of oxime groups is 1. The number of ketones is 1. The van der Waals surface area contributed by atoms with Gasteiger partial charge >= 0.3 is 11.8 Å². The molecule has 0 spiro atoms. The fourth-order valence-electron chi connectivity index (χ4n) is 7.82. The van der Waals surface area contributed by atoms with Gasteiger partial charge in [0.1, 0.15) is 30.0 Å².